The molecule has 0 spiro atoms. The fraction of sp³-hybridized carbons (Fsp3) is 0.312. The Morgan fingerprint density at radius 3 is 2.40 bits per heavy atom. The summed E-state index contributed by atoms with van der Waals surface area (Å²) in [5.74, 6) is 0.480. The number of nitrogens with zero attached hydrogens (tertiary/aromatic N) is 3. The van der Waals surface area contributed by atoms with Crippen LogP contribution < -0.4 is 9.47 Å². The zero-order valence-electron chi connectivity index (χ0n) is 22.7. The van der Waals surface area contributed by atoms with Crippen LogP contribution in [0.25, 0.3) is 21.9 Å². The number of aliphatic hydroxyl groups is 2. The molecule has 1 fully saturated rings. The first-order valence-electron chi connectivity index (χ1n) is 13.9. The first-order valence-corrected chi connectivity index (χ1v) is 13.9. The summed E-state index contributed by atoms with van der Waals surface area (Å²) in [6.07, 6.45) is -2.98. The van der Waals surface area contributed by atoms with Gasteiger partial charge in [0, 0.05) is 29.8 Å². The third-order valence-corrected chi connectivity index (χ3v) is 7.82. The molecule has 2 N–H and O–H groups in total. The number of rotatable bonds is 8. The molecule has 42 heavy (non-hydrogen) atoms. The number of imidazole rings is 1. The molecule has 5 aromatic rings. The predicted molar refractivity (Wildman–Crippen MR) is 151 cm³/mol. The molecule has 2 atom stereocenters. The van der Waals surface area contributed by atoms with Crippen LogP contribution in [0.3, 0.4) is 0 Å². The summed E-state index contributed by atoms with van der Waals surface area (Å²) < 4.78 is 50.0. The fourth-order valence-electron chi connectivity index (χ4n) is 5.83. The lowest BCUT2D eigenvalue weighted by Gasteiger charge is -2.32. The van der Waals surface area contributed by atoms with Gasteiger partial charge in [-0.15, -0.1) is 13.2 Å². The van der Waals surface area contributed by atoms with Crippen molar-refractivity contribution >= 4 is 21.9 Å². The van der Waals surface area contributed by atoms with Gasteiger partial charge in [0.05, 0.1) is 22.2 Å². The Bertz CT molecular complexity index is 1680. The average Bonchev–Trinajstić information content (AvgIpc) is 3.33. The summed E-state index contributed by atoms with van der Waals surface area (Å²) in [5.41, 5.74) is 3.93. The van der Waals surface area contributed by atoms with Gasteiger partial charge in [-0.2, -0.15) is 0 Å². The number of aliphatic hydroxyl groups excluding tert-OH is 1. The number of fused-ring (bicyclic) bond motifs is 2. The van der Waals surface area contributed by atoms with E-state index in [1.54, 1.807) is 12.1 Å². The monoisotopic (exact) mass is 577 g/mol. The molecule has 0 amide bonds. The first-order chi connectivity index (χ1) is 20.2. The Labute approximate surface area is 240 Å². The molecular weight excluding hydrogens is 547 g/mol. The number of halogens is 3. The highest BCUT2D eigenvalue weighted by molar-refractivity contribution is 5.79. The topological polar surface area (TPSA) is 89.6 Å². The van der Waals surface area contributed by atoms with E-state index in [2.05, 4.69) is 9.72 Å². The smallest absolute Gasteiger partial charge is 0.487 e. The van der Waals surface area contributed by atoms with E-state index in [1.165, 1.54) is 12.1 Å². The highest BCUT2D eigenvalue weighted by Crippen LogP contribution is 2.40. The van der Waals surface area contributed by atoms with Gasteiger partial charge in [0.25, 0.3) is 0 Å². The minimum absolute atomic E-state index is 0.190. The molecule has 218 valence electrons. The molecular formula is C32H30F3N3O4. The lowest BCUT2D eigenvalue weighted by atomic mass is 9.78. The van der Waals surface area contributed by atoms with Gasteiger partial charge in [0.1, 0.15) is 23.9 Å². The predicted octanol–water partition coefficient (Wildman–Crippen LogP) is 6.69. The molecule has 2 unspecified atom stereocenters. The number of hydrogen-bond donors (Lipinski definition) is 2. The minimum atomic E-state index is -4.76. The van der Waals surface area contributed by atoms with Crippen LogP contribution in [0.15, 0.2) is 78.9 Å². The van der Waals surface area contributed by atoms with Crippen LogP contribution in [0.1, 0.15) is 48.7 Å². The van der Waals surface area contributed by atoms with Gasteiger partial charge in [-0.1, -0.05) is 49.2 Å². The molecule has 3 aromatic carbocycles. The van der Waals surface area contributed by atoms with Gasteiger partial charge in [0.2, 0.25) is 0 Å². The average molecular weight is 578 g/mol. The van der Waals surface area contributed by atoms with Crippen molar-refractivity contribution in [1.29, 1.82) is 0 Å². The van der Waals surface area contributed by atoms with E-state index in [0.29, 0.717) is 30.1 Å². The number of para-hydroxylation sites is 1. The zero-order valence-corrected chi connectivity index (χ0v) is 22.7. The van der Waals surface area contributed by atoms with E-state index in [-0.39, 0.29) is 24.2 Å². The van der Waals surface area contributed by atoms with Crippen LogP contribution >= 0.6 is 0 Å². The minimum Gasteiger partial charge on any atom is -0.487 e. The van der Waals surface area contributed by atoms with Crippen molar-refractivity contribution in [3.05, 3.63) is 95.9 Å². The lowest BCUT2D eigenvalue weighted by Crippen LogP contribution is -2.31. The van der Waals surface area contributed by atoms with E-state index in [9.17, 15) is 23.4 Å². The highest BCUT2D eigenvalue weighted by Gasteiger charge is 2.35. The maximum absolute atomic E-state index is 12.6. The van der Waals surface area contributed by atoms with E-state index in [1.807, 2.05) is 59.2 Å². The molecule has 10 heteroatoms. The third-order valence-electron chi connectivity index (χ3n) is 7.82. The summed E-state index contributed by atoms with van der Waals surface area (Å²) >= 11 is 0. The number of hydrogen-bond acceptors (Lipinski definition) is 6. The van der Waals surface area contributed by atoms with Gasteiger partial charge in [-0.25, -0.2) is 9.97 Å². The van der Waals surface area contributed by atoms with Crippen LogP contribution in [0.4, 0.5) is 13.2 Å². The summed E-state index contributed by atoms with van der Waals surface area (Å²) in [6, 6.07) is 23.2. The second-order valence-electron chi connectivity index (χ2n) is 10.7. The number of aromatic nitrogens is 3. The molecule has 7 nitrogen and oxygen atoms in total. The second kappa shape index (κ2) is 11.6. The van der Waals surface area contributed by atoms with Crippen molar-refractivity contribution < 1.29 is 32.9 Å². The fourth-order valence-corrected chi connectivity index (χ4v) is 5.83. The Balaban J connectivity index is 1.30. The molecule has 0 bridgehead atoms. The molecule has 0 aliphatic heterocycles. The van der Waals surface area contributed by atoms with Gasteiger partial charge >= 0.3 is 6.36 Å². The van der Waals surface area contributed by atoms with Crippen molar-refractivity contribution in [2.75, 3.05) is 0 Å². The Morgan fingerprint density at radius 2 is 1.62 bits per heavy atom. The number of benzene rings is 3. The Hall–Kier alpha value is -4.15. The standard InChI is InChI=1S/C32H30F3N3O4/c33-32(34,35)42-23-13-9-20(10-14-23)18-38-29-16-15-24(41-19-22-12-11-21-5-1-4-8-27(21)36-22)17-28(29)37-30(38)25-6-2-3-7-26(25)31(39)40/h1,4-5,8-17,25-26,31,39-40H,2-3,6-7,18-19H2. The molecule has 2 aromatic heterocycles. The number of ether oxygens (including phenoxy) is 2. The lowest BCUT2D eigenvalue weighted by molar-refractivity contribution is -0.274. The molecule has 0 radical (unpaired) electrons. The van der Waals surface area contributed by atoms with Crippen LogP contribution in [0, 0.1) is 5.92 Å². The second-order valence-corrected chi connectivity index (χ2v) is 10.7. The normalized spacial score (nSPS) is 17.7. The third kappa shape index (κ3) is 6.19. The van der Waals surface area contributed by atoms with E-state index in [4.69, 9.17) is 9.72 Å². The van der Waals surface area contributed by atoms with Crippen LogP contribution in [-0.4, -0.2) is 37.4 Å². The maximum atomic E-state index is 12.6. The van der Waals surface area contributed by atoms with E-state index < -0.39 is 12.7 Å². The van der Waals surface area contributed by atoms with E-state index >= 15 is 0 Å². The summed E-state index contributed by atoms with van der Waals surface area (Å²) in [5, 5.41) is 21.4. The van der Waals surface area contributed by atoms with Crippen molar-refractivity contribution in [2.24, 2.45) is 5.92 Å². The Kier molecular flexibility index (Phi) is 7.74. The molecule has 0 saturated heterocycles. The quantitative estimate of drug-likeness (QED) is 0.200. The van der Waals surface area contributed by atoms with Crippen LogP contribution in [-0.2, 0) is 13.2 Å². The molecule has 1 aliphatic rings. The first kappa shape index (κ1) is 28.0. The highest BCUT2D eigenvalue weighted by atomic mass is 19.4. The molecule has 2 heterocycles. The van der Waals surface area contributed by atoms with Crippen LogP contribution in [0.5, 0.6) is 11.5 Å². The van der Waals surface area contributed by atoms with Crippen LogP contribution in [0.2, 0.25) is 0 Å². The molecule has 1 aliphatic carbocycles. The summed E-state index contributed by atoms with van der Waals surface area (Å²) in [7, 11) is 0. The molecule has 1 saturated carbocycles. The van der Waals surface area contributed by atoms with Gasteiger partial charge in [0.15, 0.2) is 6.29 Å². The zero-order chi connectivity index (χ0) is 29.3. The van der Waals surface area contributed by atoms with Crippen molar-refractivity contribution in [1.82, 2.24) is 14.5 Å². The van der Waals surface area contributed by atoms with Gasteiger partial charge in [-0.3, -0.25) is 0 Å². The SMILES string of the molecule is OC(O)C1CCCCC1c1nc2cc(OCc3ccc4ccccc4n3)ccc2n1Cc1ccc(OC(F)(F)F)cc1. The number of pyridine rings is 1. The van der Waals surface area contributed by atoms with E-state index in [0.717, 1.165) is 46.9 Å². The van der Waals surface area contributed by atoms with Gasteiger partial charge < -0.3 is 24.3 Å². The van der Waals surface area contributed by atoms with Crippen molar-refractivity contribution in [2.45, 2.75) is 57.4 Å². The van der Waals surface area contributed by atoms with Crippen molar-refractivity contribution in [3.63, 3.8) is 0 Å². The largest absolute Gasteiger partial charge is 0.573 e. The molecule has 6 rings (SSSR count). The van der Waals surface area contributed by atoms with Gasteiger partial charge in [-0.05, 0) is 54.8 Å². The summed E-state index contributed by atoms with van der Waals surface area (Å²) in [6.45, 7) is 0.613. The Morgan fingerprint density at radius 1 is 0.857 bits per heavy atom. The summed E-state index contributed by atoms with van der Waals surface area (Å²) in [4.78, 5) is 9.63. The maximum Gasteiger partial charge on any atom is 0.573 e. The number of alkyl halides is 3. The van der Waals surface area contributed by atoms with Crippen molar-refractivity contribution in [3.8, 4) is 11.5 Å².